The standard InChI is InChI=1S/C22H34N4O2/c1-17-6-5-13-26(15-17)21(27)11-12-24-22(23-2)25-14-19-7-3-4-8-20(19)28-16-18-9-10-18/h3-4,7-8,17-18H,5-6,9-16H2,1-2H3,(H2,23,24,25). The second-order valence-corrected chi connectivity index (χ2v) is 8.05. The van der Waals surface area contributed by atoms with Crippen molar-refractivity contribution in [1.82, 2.24) is 15.5 Å². The number of rotatable bonds is 8. The molecule has 0 bridgehead atoms. The fraction of sp³-hybridized carbons (Fsp3) is 0.636. The van der Waals surface area contributed by atoms with Crippen molar-refractivity contribution in [3.63, 3.8) is 0 Å². The van der Waals surface area contributed by atoms with E-state index in [4.69, 9.17) is 4.74 Å². The fourth-order valence-electron chi connectivity index (χ4n) is 3.54. The number of amides is 1. The smallest absolute Gasteiger partial charge is 0.224 e. The fourth-order valence-corrected chi connectivity index (χ4v) is 3.54. The van der Waals surface area contributed by atoms with Crippen LogP contribution in [0.5, 0.6) is 5.75 Å². The van der Waals surface area contributed by atoms with Gasteiger partial charge >= 0.3 is 0 Å². The van der Waals surface area contributed by atoms with Gasteiger partial charge in [-0.15, -0.1) is 0 Å². The number of piperidine rings is 1. The number of ether oxygens (including phenoxy) is 1. The molecular formula is C22H34N4O2. The number of aliphatic imine (C=N–C) groups is 1. The summed E-state index contributed by atoms with van der Waals surface area (Å²) in [7, 11) is 1.75. The maximum atomic E-state index is 12.4. The molecule has 1 amide bonds. The molecule has 1 saturated carbocycles. The Morgan fingerprint density at radius 1 is 1.25 bits per heavy atom. The number of guanidine groups is 1. The minimum atomic E-state index is 0.230. The van der Waals surface area contributed by atoms with Crippen LogP contribution >= 0.6 is 0 Å². The number of para-hydroxylation sites is 1. The van der Waals surface area contributed by atoms with Crippen LogP contribution in [-0.2, 0) is 11.3 Å². The second-order valence-electron chi connectivity index (χ2n) is 8.05. The Hall–Kier alpha value is -2.24. The Balaban J connectivity index is 1.40. The number of carbonyl (C=O) groups is 1. The number of hydrogen-bond donors (Lipinski definition) is 2. The Morgan fingerprint density at radius 2 is 2.07 bits per heavy atom. The van der Waals surface area contributed by atoms with E-state index in [1.54, 1.807) is 7.05 Å². The van der Waals surface area contributed by atoms with E-state index in [1.165, 1.54) is 19.3 Å². The number of benzene rings is 1. The van der Waals surface area contributed by atoms with E-state index in [0.717, 1.165) is 43.3 Å². The van der Waals surface area contributed by atoms with E-state index >= 15 is 0 Å². The highest BCUT2D eigenvalue weighted by Gasteiger charge is 2.22. The van der Waals surface area contributed by atoms with Crippen molar-refractivity contribution in [3.8, 4) is 5.75 Å². The molecule has 28 heavy (non-hydrogen) atoms. The Bertz CT molecular complexity index is 672. The van der Waals surface area contributed by atoms with Crippen molar-refractivity contribution in [2.45, 2.75) is 45.6 Å². The summed E-state index contributed by atoms with van der Waals surface area (Å²) in [6.45, 7) is 6.04. The molecule has 0 spiro atoms. The van der Waals surface area contributed by atoms with E-state index in [-0.39, 0.29) is 5.91 Å². The molecule has 3 rings (SSSR count). The molecule has 0 aromatic heterocycles. The summed E-state index contributed by atoms with van der Waals surface area (Å²) in [6.07, 6.45) is 5.41. The first-order valence-electron chi connectivity index (χ1n) is 10.6. The lowest BCUT2D eigenvalue weighted by molar-refractivity contribution is -0.132. The quantitative estimate of drug-likeness (QED) is 0.533. The van der Waals surface area contributed by atoms with Crippen molar-refractivity contribution >= 4 is 11.9 Å². The van der Waals surface area contributed by atoms with Crippen LogP contribution in [0.2, 0.25) is 0 Å². The third-order valence-corrected chi connectivity index (χ3v) is 5.45. The first-order valence-corrected chi connectivity index (χ1v) is 10.6. The molecule has 154 valence electrons. The molecule has 1 heterocycles. The number of carbonyl (C=O) groups excluding carboxylic acids is 1. The van der Waals surface area contributed by atoms with Gasteiger partial charge in [-0.25, -0.2) is 0 Å². The molecule has 1 saturated heterocycles. The maximum Gasteiger partial charge on any atom is 0.224 e. The second kappa shape index (κ2) is 10.3. The zero-order valence-corrected chi connectivity index (χ0v) is 17.2. The van der Waals surface area contributed by atoms with Crippen molar-refractivity contribution in [2.75, 3.05) is 33.3 Å². The topological polar surface area (TPSA) is 66.0 Å². The molecule has 6 nitrogen and oxygen atoms in total. The molecule has 1 unspecified atom stereocenters. The number of nitrogens with zero attached hydrogens (tertiary/aromatic N) is 2. The van der Waals surface area contributed by atoms with Gasteiger partial charge < -0.3 is 20.3 Å². The van der Waals surface area contributed by atoms with Crippen LogP contribution in [0.1, 0.15) is 44.6 Å². The van der Waals surface area contributed by atoms with E-state index in [2.05, 4.69) is 28.6 Å². The molecule has 1 aromatic carbocycles. The number of likely N-dealkylation sites (tertiary alicyclic amines) is 1. The highest BCUT2D eigenvalue weighted by atomic mass is 16.5. The molecule has 1 aliphatic carbocycles. The Morgan fingerprint density at radius 3 is 2.82 bits per heavy atom. The summed E-state index contributed by atoms with van der Waals surface area (Å²) in [4.78, 5) is 18.6. The average Bonchev–Trinajstić information content (AvgIpc) is 3.54. The van der Waals surface area contributed by atoms with Crippen molar-refractivity contribution in [3.05, 3.63) is 29.8 Å². The molecule has 1 aliphatic heterocycles. The van der Waals surface area contributed by atoms with Crippen molar-refractivity contribution in [1.29, 1.82) is 0 Å². The average molecular weight is 387 g/mol. The highest BCUT2D eigenvalue weighted by molar-refractivity contribution is 5.81. The van der Waals surface area contributed by atoms with Crippen LogP contribution in [0, 0.1) is 11.8 Å². The van der Waals surface area contributed by atoms with Crippen LogP contribution in [0.15, 0.2) is 29.3 Å². The van der Waals surface area contributed by atoms with Crippen LogP contribution in [0.3, 0.4) is 0 Å². The van der Waals surface area contributed by atoms with Crippen molar-refractivity contribution in [2.24, 2.45) is 16.8 Å². The normalized spacial score (nSPS) is 20.0. The maximum absolute atomic E-state index is 12.4. The van der Waals surface area contributed by atoms with Crippen LogP contribution < -0.4 is 15.4 Å². The zero-order chi connectivity index (χ0) is 19.8. The number of hydrogen-bond acceptors (Lipinski definition) is 3. The molecule has 1 atom stereocenters. The molecule has 2 fully saturated rings. The molecule has 6 heteroatoms. The van der Waals surface area contributed by atoms with Gasteiger partial charge in [-0.1, -0.05) is 25.1 Å². The summed E-state index contributed by atoms with van der Waals surface area (Å²) in [5.74, 6) is 3.22. The van der Waals surface area contributed by atoms with Gasteiger partial charge in [-0.2, -0.15) is 0 Å². The summed E-state index contributed by atoms with van der Waals surface area (Å²) in [6, 6.07) is 8.12. The van der Waals surface area contributed by atoms with Gasteiger partial charge in [0.1, 0.15) is 5.75 Å². The predicted octanol–water partition coefficient (Wildman–Crippen LogP) is 2.79. The van der Waals surface area contributed by atoms with Crippen LogP contribution in [0.4, 0.5) is 0 Å². The van der Waals surface area contributed by atoms with Gasteiger partial charge in [0.05, 0.1) is 6.61 Å². The van der Waals surface area contributed by atoms with Crippen LogP contribution in [-0.4, -0.2) is 50.1 Å². The van der Waals surface area contributed by atoms with E-state index in [0.29, 0.717) is 31.4 Å². The lowest BCUT2D eigenvalue weighted by atomic mass is 10.00. The third-order valence-electron chi connectivity index (χ3n) is 5.45. The van der Waals surface area contributed by atoms with Gasteiger partial charge in [0.25, 0.3) is 0 Å². The van der Waals surface area contributed by atoms with Gasteiger partial charge in [-0.3, -0.25) is 9.79 Å². The number of nitrogens with one attached hydrogen (secondary N) is 2. The molecule has 2 N–H and O–H groups in total. The van der Waals surface area contributed by atoms with E-state index < -0.39 is 0 Å². The summed E-state index contributed by atoms with van der Waals surface area (Å²) in [5.41, 5.74) is 1.12. The Kier molecular flexibility index (Phi) is 7.57. The minimum absolute atomic E-state index is 0.230. The van der Waals surface area contributed by atoms with Gasteiger partial charge in [0, 0.05) is 45.2 Å². The predicted molar refractivity (Wildman–Crippen MR) is 112 cm³/mol. The largest absolute Gasteiger partial charge is 0.493 e. The monoisotopic (exact) mass is 386 g/mol. The molecule has 2 aliphatic rings. The first-order chi connectivity index (χ1) is 13.7. The third kappa shape index (κ3) is 6.43. The lowest BCUT2D eigenvalue weighted by Gasteiger charge is -2.31. The summed E-state index contributed by atoms with van der Waals surface area (Å²) in [5, 5.41) is 6.57. The Labute approximate surface area is 168 Å². The zero-order valence-electron chi connectivity index (χ0n) is 17.2. The first kappa shape index (κ1) is 20.5. The highest BCUT2D eigenvalue weighted by Crippen LogP contribution is 2.30. The SMILES string of the molecule is CN=C(NCCC(=O)N1CCCC(C)C1)NCc1ccccc1OCC1CC1. The van der Waals surface area contributed by atoms with Crippen LogP contribution in [0.25, 0.3) is 0 Å². The van der Waals surface area contributed by atoms with E-state index in [1.807, 2.05) is 23.1 Å². The molecular weight excluding hydrogens is 352 g/mol. The lowest BCUT2D eigenvalue weighted by Crippen LogP contribution is -2.42. The van der Waals surface area contributed by atoms with Gasteiger partial charge in [0.15, 0.2) is 5.96 Å². The molecule has 1 aromatic rings. The van der Waals surface area contributed by atoms with Gasteiger partial charge in [-0.05, 0) is 43.6 Å². The summed E-state index contributed by atoms with van der Waals surface area (Å²) < 4.78 is 5.96. The summed E-state index contributed by atoms with van der Waals surface area (Å²) >= 11 is 0. The van der Waals surface area contributed by atoms with E-state index in [9.17, 15) is 4.79 Å². The van der Waals surface area contributed by atoms with Gasteiger partial charge in [0.2, 0.25) is 5.91 Å². The minimum Gasteiger partial charge on any atom is -0.493 e. The van der Waals surface area contributed by atoms with Crippen molar-refractivity contribution < 1.29 is 9.53 Å². The molecule has 0 radical (unpaired) electrons.